The van der Waals surface area contributed by atoms with Crippen molar-refractivity contribution in [1.29, 1.82) is 0 Å². The first-order valence-electron chi connectivity index (χ1n) is 5.24. The third-order valence-electron chi connectivity index (χ3n) is 2.27. The molecule has 1 rings (SSSR count). The van der Waals surface area contributed by atoms with Crippen molar-refractivity contribution in [3.63, 3.8) is 0 Å². The van der Waals surface area contributed by atoms with Gasteiger partial charge in [-0.15, -0.1) is 6.58 Å². The predicted molar refractivity (Wildman–Crippen MR) is 58.3 cm³/mol. The van der Waals surface area contributed by atoms with Crippen LogP contribution >= 0.6 is 0 Å². The topological polar surface area (TPSA) is 12.0 Å². The highest BCUT2D eigenvalue weighted by Crippen LogP contribution is 2.36. The summed E-state index contributed by atoms with van der Waals surface area (Å²) < 4.78 is 75.1. The molecule has 0 saturated carbocycles. The van der Waals surface area contributed by atoms with Gasteiger partial charge >= 0.3 is 12.4 Å². The van der Waals surface area contributed by atoms with Crippen LogP contribution in [0.5, 0.6) is 0 Å². The summed E-state index contributed by atoms with van der Waals surface area (Å²) in [5.74, 6) is 0. The Labute approximate surface area is 105 Å². The van der Waals surface area contributed by atoms with Crippen molar-refractivity contribution in [1.82, 2.24) is 5.32 Å². The van der Waals surface area contributed by atoms with E-state index >= 15 is 0 Å². The van der Waals surface area contributed by atoms with E-state index in [1.54, 1.807) is 0 Å². The van der Waals surface area contributed by atoms with Crippen LogP contribution in [0.2, 0.25) is 0 Å². The minimum absolute atomic E-state index is 0.0796. The Balaban J connectivity index is 3.13. The maximum atomic E-state index is 12.5. The first-order valence-corrected chi connectivity index (χ1v) is 5.24. The van der Waals surface area contributed by atoms with Gasteiger partial charge in [0.15, 0.2) is 0 Å². The fourth-order valence-corrected chi connectivity index (χ4v) is 1.44. The smallest absolute Gasteiger partial charge is 0.309 e. The van der Waals surface area contributed by atoms with Gasteiger partial charge in [0, 0.05) is 13.1 Å². The van der Waals surface area contributed by atoms with Gasteiger partial charge in [-0.3, -0.25) is 0 Å². The third-order valence-corrected chi connectivity index (χ3v) is 2.27. The number of hydrogen-bond donors (Lipinski definition) is 1. The number of benzene rings is 1. The Hall–Kier alpha value is -1.50. The highest BCUT2D eigenvalue weighted by molar-refractivity contribution is 5.33. The number of hydrogen-bond acceptors (Lipinski definition) is 1. The lowest BCUT2D eigenvalue weighted by atomic mass is 10.0. The molecule has 1 aromatic carbocycles. The lowest BCUT2D eigenvalue weighted by molar-refractivity contribution is -0.143. The summed E-state index contributed by atoms with van der Waals surface area (Å²) >= 11 is 0. The van der Waals surface area contributed by atoms with Gasteiger partial charge < -0.3 is 5.32 Å². The summed E-state index contributed by atoms with van der Waals surface area (Å²) in [6, 6.07) is 1.51. The summed E-state index contributed by atoms with van der Waals surface area (Å²) in [6.45, 7) is 3.57. The third kappa shape index (κ3) is 4.59. The molecule has 0 unspecified atom stereocenters. The van der Waals surface area contributed by atoms with E-state index < -0.39 is 23.5 Å². The molecule has 0 aliphatic rings. The molecule has 0 amide bonds. The van der Waals surface area contributed by atoms with Crippen LogP contribution in [0.1, 0.15) is 16.7 Å². The van der Waals surface area contributed by atoms with Crippen LogP contribution in [-0.4, -0.2) is 6.54 Å². The fraction of sp³-hybridized carbons (Fsp3) is 0.333. The van der Waals surface area contributed by atoms with Gasteiger partial charge in [0.1, 0.15) is 0 Å². The van der Waals surface area contributed by atoms with Gasteiger partial charge in [0.2, 0.25) is 0 Å². The van der Waals surface area contributed by atoms with Gasteiger partial charge in [-0.25, -0.2) is 0 Å². The van der Waals surface area contributed by atoms with E-state index in [4.69, 9.17) is 0 Å². The maximum Gasteiger partial charge on any atom is 0.416 e. The van der Waals surface area contributed by atoms with E-state index in [-0.39, 0.29) is 24.7 Å². The van der Waals surface area contributed by atoms with Gasteiger partial charge in [-0.2, -0.15) is 26.3 Å². The van der Waals surface area contributed by atoms with Gasteiger partial charge in [-0.05, 0) is 23.8 Å². The van der Waals surface area contributed by atoms with Gasteiger partial charge in [-0.1, -0.05) is 6.08 Å². The molecule has 0 spiro atoms. The quantitative estimate of drug-likeness (QED) is 0.500. The largest absolute Gasteiger partial charge is 0.416 e. The summed E-state index contributed by atoms with van der Waals surface area (Å²) in [4.78, 5) is 0. The molecule has 0 aromatic heterocycles. The Morgan fingerprint density at radius 1 is 0.947 bits per heavy atom. The fourth-order valence-electron chi connectivity index (χ4n) is 1.44. The van der Waals surface area contributed by atoms with Crippen molar-refractivity contribution in [3.8, 4) is 0 Å². The van der Waals surface area contributed by atoms with Crippen molar-refractivity contribution in [2.24, 2.45) is 0 Å². The predicted octanol–water partition coefficient (Wildman–Crippen LogP) is 4.00. The summed E-state index contributed by atoms with van der Waals surface area (Å²) in [7, 11) is 0. The summed E-state index contributed by atoms with van der Waals surface area (Å²) in [5, 5.41) is 2.66. The molecule has 7 heteroatoms. The molecular formula is C12H11F6N. The first kappa shape index (κ1) is 15.6. The van der Waals surface area contributed by atoms with Crippen LogP contribution in [0, 0.1) is 0 Å². The molecule has 0 saturated heterocycles. The standard InChI is InChI=1S/C12H11F6N/c1-2-3-19-7-8-4-9(11(13,14)15)6-10(5-8)12(16,17)18/h2,4-6,19H,1,3,7H2. The number of halogens is 6. The summed E-state index contributed by atoms with van der Waals surface area (Å²) in [6.07, 6.45) is -8.17. The van der Waals surface area contributed by atoms with Crippen LogP contribution in [-0.2, 0) is 18.9 Å². The SMILES string of the molecule is C=CCNCc1cc(C(F)(F)F)cc(C(F)(F)F)c1. The molecule has 19 heavy (non-hydrogen) atoms. The zero-order chi connectivity index (χ0) is 14.7. The average molecular weight is 283 g/mol. The monoisotopic (exact) mass is 283 g/mol. The van der Waals surface area contributed by atoms with Gasteiger partial charge in [0.05, 0.1) is 11.1 Å². The minimum atomic E-state index is -4.81. The second-order valence-electron chi connectivity index (χ2n) is 3.83. The molecule has 0 aliphatic heterocycles. The average Bonchev–Trinajstić information content (AvgIpc) is 2.27. The molecule has 106 valence electrons. The highest BCUT2D eigenvalue weighted by Gasteiger charge is 2.36. The van der Waals surface area contributed by atoms with Gasteiger partial charge in [0.25, 0.3) is 0 Å². The second kappa shape index (κ2) is 5.64. The summed E-state index contributed by atoms with van der Waals surface area (Å²) in [5.41, 5.74) is -2.69. The Bertz CT molecular complexity index is 414. The van der Waals surface area contributed by atoms with Crippen LogP contribution in [0.4, 0.5) is 26.3 Å². The van der Waals surface area contributed by atoms with Crippen molar-refractivity contribution in [2.45, 2.75) is 18.9 Å². The maximum absolute atomic E-state index is 12.5. The number of rotatable bonds is 4. The van der Waals surface area contributed by atoms with E-state index in [0.717, 1.165) is 0 Å². The lowest BCUT2D eigenvalue weighted by Gasteiger charge is -2.14. The molecule has 1 nitrogen and oxygen atoms in total. The van der Waals surface area contributed by atoms with Crippen LogP contribution in [0.25, 0.3) is 0 Å². The van der Waals surface area contributed by atoms with E-state index in [1.165, 1.54) is 6.08 Å². The Morgan fingerprint density at radius 3 is 1.79 bits per heavy atom. The van der Waals surface area contributed by atoms with Crippen LogP contribution in [0.3, 0.4) is 0 Å². The van der Waals surface area contributed by atoms with E-state index in [0.29, 0.717) is 12.1 Å². The zero-order valence-corrected chi connectivity index (χ0v) is 9.70. The molecule has 1 aromatic rings. The van der Waals surface area contributed by atoms with Crippen molar-refractivity contribution in [3.05, 3.63) is 47.5 Å². The molecule has 0 aliphatic carbocycles. The molecule has 0 atom stereocenters. The normalized spacial score (nSPS) is 12.5. The minimum Gasteiger partial charge on any atom is -0.309 e. The van der Waals surface area contributed by atoms with E-state index in [2.05, 4.69) is 11.9 Å². The lowest BCUT2D eigenvalue weighted by Crippen LogP contribution is -2.16. The van der Waals surface area contributed by atoms with Crippen LogP contribution in [0.15, 0.2) is 30.9 Å². The Morgan fingerprint density at radius 2 is 1.42 bits per heavy atom. The van der Waals surface area contributed by atoms with Crippen LogP contribution < -0.4 is 5.32 Å². The van der Waals surface area contributed by atoms with Crippen molar-refractivity contribution < 1.29 is 26.3 Å². The second-order valence-corrected chi connectivity index (χ2v) is 3.83. The molecule has 1 N–H and O–H groups in total. The highest BCUT2D eigenvalue weighted by atomic mass is 19.4. The molecule has 0 radical (unpaired) electrons. The number of nitrogens with one attached hydrogen (secondary N) is 1. The first-order chi connectivity index (χ1) is 8.64. The molecular weight excluding hydrogens is 272 g/mol. The molecule has 0 heterocycles. The molecule has 0 bridgehead atoms. The molecule has 0 fully saturated rings. The van der Waals surface area contributed by atoms with Crippen molar-refractivity contribution in [2.75, 3.05) is 6.54 Å². The number of alkyl halides is 6. The van der Waals surface area contributed by atoms with Crippen molar-refractivity contribution >= 4 is 0 Å². The zero-order valence-electron chi connectivity index (χ0n) is 9.70. The Kier molecular flexibility index (Phi) is 4.62. The van der Waals surface area contributed by atoms with E-state index in [9.17, 15) is 26.3 Å². The van der Waals surface area contributed by atoms with E-state index in [1.807, 2.05) is 0 Å².